The third-order valence-corrected chi connectivity index (χ3v) is 3.63. The third-order valence-electron chi connectivity index (χ3n) is 3.63. The van der Waals surface area contributed by atoms with Crippen LogP contribution in [-0.2, 0) is 4.74 Å². The van der Waals surface area contributed by atoms with Gasteiger partial charge in [0.2, 0.25) is 0 Å². The second-order valence-corrected chi connectivity index (χ2v) is 4.43. The zero-order valence-electron chi connectivity index (χ0n) is 9.51. The molecule has 0 amide bonds. The summed E-state index contributed by atoms with van der Waals surface area (Å²) in [5, 5.41) is 3.48. The molecule has 1 aliphatic rings. The summed E-state index contributed by atoms with van der Waals surface area (Å²) >= 11 is 0. The zero-order chi connectivity index (χ0) is 10.4. The highest BCUT2D eigenvalue weighted by molar-refractivity contribution is 4.88. The van der Waals surface area contributed by atoms with Crippen LogP contribution < -0.4 is 11.1 Å². The van der Waals surface area contributed by atoms with Gasteiger partial charge in [0, 0.05) is 26.7 Å². The minimum atomic E-state index is 0.170. The van der Waals surface area contributed by atoms with E-state index in [9.17, 15) is 0 Å². The van der Waals surface area contributed by atoms with Gasteiger partial charge in [-0.15, -0.1) is 0 Å². The van der Waals surface area contributed by atoms with Crippen LogP contribution in [0.1, 0.15) is 32.6 Å². The van der Waals surface area contributed by atoms with Gasteiger partial charge in [-0.3, -0.25) is 0 Å². The van der Waals surface area contributed by atoms with Crippen molar-refractivity contribution in [1.29, 1.82) is 0 Å². The molecule has 84 valence electrons. The van der Waals surface area contributed by atoms with E-state index in [1.165, 1.54) is 25.7 Å². The number of ether oxygens (including phenoxy) is 1. The molecule has 0 heterocycles. The molecule has 0 aromatic rings. The van der Waals surface area contributed by atoms with Crippen molar-refractivity contribution in [3.05, 3.63) is 0 Å². The maximum Gasteiger partial charge on any atom is 0.0817 e. The number of nitrogens with one attached hydrogen (secondary N) is 1. The SMILES string of the molecule is CCC1(CNCC(CN)OC)CCC1. The molecule has 0 saturated heterocycles. The van der Waals surface area contributed by atoms with Gasteiger partial charge in [0.05, 0.1) is 6.10 Å². The van der Waals surface area contributed by atoms with Crippen LogP contribution >= 0.6 is 0 Å². The van der Waals surface area contributed by atoms with Crippen LogP contribution in [0.25, 0.3) is 0 Å². The van der Waals surface area contributed by atoms with Gasteiger partial charge in [0.15, 0.2) is 0 Å². The van der Waals surface area contributed by atoms with Crippen LogP contribution in [0.3, 0.4) is 0 Å². The van der Waals surface area contributed by atoms with Crippen LogP contribution in [0, 0.1) is 5.41 Å². The molecule has 1 saturated carbocycles. The van der Waals surface area contributed by atoms with Crippen molar-refractivity contribution in [2.75, 3.05) is 26.7 Å². The predicted molar refractivity (Wildman–Crippen MR) is 59.3 cm³/mol. The van der Waals surface area contributed by atoms with E-state index in [0.29, 0.717) is 12.0 Å². The van der Waals surface area contributed by atoms with Crippen molar-refractivity contribution >= 4 is 0 Å². The molecule has 0 aliphatic heterocycles. The molecular weight excluding hydrogens is 176 g/mol. The molecule has 0 aromatic carbocycles. The molecule has 1 unspecified atom stereocenters. The van der Waals surface area contributed by atoms with Gasteiger partial charge in [-0.25, -0.2) is 0 Å². The summed E-state index contributed by atoms with van der Waals surface area (Å²) in [7, 11) is 1.72. The fourth-order valence-corrected chi connectivity index (χ4v) is 2.09. The Kier molecular flexibility index (Phi) is 4.85. The number of hydrogen-bond acceptors (Lipinski definition) is 3. The summed E-state index contributed by atoms with van der Waals surface area (Å²) in [6.07, 6.45) is 5.64. The van der Waals surface area contributed by atoms with Gasteiger partial charge >= 0.3 is 0 Å². The first-order chi connectivity index (χ1) is 6.76. The van der Waals surface area contributed by atoms with E-state index >= 15 is 0 Å². The van der Waals surface area contributed by atoms with Gasteiger partial charge in [0.1, 0.15) is 0 Å². The standard InChI is InChI=1S/C11H24N2O/c1-3-11(5-4-6-11)9-13-8-10(7-12)14-2/h10,13H,3-9,12H2,1-2H3. The van der Waals surface area contributed by atoms with Crippen molar-refractivity contribution in [2.45, 2.75) is 38.7 Å². The van der Waals surface area contributed by atoms with Gasteiger partial charge in [-0.05, 0) is 24.7 Å². The molecule has 3 N–H and O–H groups in total. The van der Waals surface area contributed by atoms with E-state index in [-0.39, 0.29) is 6.10 Å². The monoisotopic (exact) mass is 200 g/mol. The molecule has 1 atom stereocenters. The first kappa shape index (κ1) is 12.0. The van der Waals surface area contributed by atoms with Crippen LogP contribution in [0.5, 0.6) is 0 Å². The lowest BCUT2D eigenvalue weighted by Gasteiger charge is -2.41. The molecule has 0 bridgehead atoms. The molecule has 0 spiro atoms. The summed E-state index contributed by atoms with van der Waals surface area (Å²) in [4.78, 5) is 0. The molecule has 1 aliphatic carbocycles. The first-order valence-corrected chi connectivity index (χ1v) is 5.70. The van der Waals surface area contributed by atoms with Crippen molar-refractivity contribution in [3.8, 4) is 0 Å². The Hall–Kier alpha value is -0.120. The summed E-state index contributed by atoms with van der Waals surface area (Å²) < 4.78 is 5.21. The normalized spacial score (nSPS) is 21.6. The first-order valence-electron chi connectivity index (χ1n) is 5.70. The number of hydrogen-bond donors (Lipinski definition) is 2. The Morgan fingerprint density at radius 3 is 2.57 bits per heavy atom. The smallest absolute Gasteiger partial charge is 0.0817 e. The Morgan fingerprint density at radius 1 is 1.50 bits per heavy atom. The number of methoxy groups -OCH3 is 1. The molecule has 14 heavy (non-hydrogen) atoms. The topological polar surface area (TPSA) is 47.3 Å². The summed E-state index contributed by atoms with van der Waals surface area (Å²) in [6.45, 7) is 4.90. The largest absolute Gasteiger partial charge is 0.379 e. The van der Waals surface area contributed by atoms with E-state index in [1.807, 2.05) is 0 Å². The molecule has 0 aromatic heterocycles. The average Bonchev–Trinajstić information content (AvgIpc) is 2.16. The Labute approximate surface area is 87.4 Å². The maximum atomic E-state index is 5.55. The zero-order valence-corrected chi connectivity index (χ0v) is 9.51. The average molecular weight is 200 g/mol. The Morgan fingerprint density at radius 2 is 2.21 bits per heavy atom. The van der Waals surface area contributed by atoms with Crippen molar-refractivity contribution in [3.63, 3.8) is 0 Å². The maximum absolute atomic E-state index is 5.55. The number of rotatable bonds is 7. The number of nitrogens with two attached hydrogens (primary N) is 1. The fraction of sp³-hybridized carbons (Fsp3) is 1.00. The summed E-state index contributed by atoms with van der Waals surface area (Å²) in [5.74, 6) is 0. The lowest BCUT2D eigenvalue weighted by atomic mass is 9.67. The van der Waals surface area contributed by atoms with Crippen LogP contribution in [0.4, 0.5) is 0 Å². The molecule has 0 radical (unpaired) electrons. The molecular formula is C11H24N2O. The van der Waals surface area contributed by atoms with E-state index < -0.39 is 0 Å². The van der Waals surface area contributed by atoms with Crippen LogP contribution in [0.2, 0.25) is 0 Å². The van der Waals surface area contributed by atoms with E-state index in [2.05, 4.69) is 12.2 Å². The van der Waals surface area contributed by atoms with Crippen LogP contribution in [0.15, 0.2) is 0 Å². The van der Waals surface area contributed by atoms with Gasteiger partial charge < -0.3 is 15.8 Å². The fourth-order valence-electron chi connectivity index (χ4n) is 2.09. The van der Waals surface area contributed by atoms with E-state index in [1.54, 1.807) is 7.11 Å². The lowest BCUT2D eigenvalue weighted by molar-refractivity contribution is 0.0882. The molecule has 3 nitrogen and oxygen atoms in total. The second kappa shape index (κ2) is 5.69. The minimum Gasteiger partial charge on any atom is -0.379 e. The van der Waals surface area contributed by atoms with Crippen molar-refractivity contribution in [1.82, 2.24) is 5.32 Å². The summed E-state index contributed by atoms with van der Waals surface area (Å²) in [5.41, 5.74) is 6.14. The van der Waals surface area contributed by atoms with Gasteiger partial charge in [0.25, 0.3) is 0 Å². The quantitative estimate of drug-likeness (QED) is 0.647. The summed E-state index contributed by atoms with van der Waals surface area (Å²) in [6, 6.07) is 0. The highest BCUT2D eigenvalue weighted by atomic mass is 16.5. The predicted octanol–water partition coefficient (Wildman–Crippen LogP) is 1.13. The lowest BCUT2D eigenvalue weighted by Crippen LogP contribution is -2.43. The van der Waals surface area contributed by atoms with E-state index in [4.69, 9.17) is 10.5 Å². The third kappa shape index (κ3) is 2.94. The van der Waals surface area contributed by atoms with Crippen molar-refractivity contribution < 1.29 is 4.74 Å². The van der Waals surface area contributed by atoms with Crippen molar-refractivity contribution in [2.24, 2.45) is 11.1 Å². The van der Waals surface area contributed by atoms with E-state index in [0.717, 1.165) is 13.1 Å². The van der Waals surface area contributed by atoms with Gasteiger partial charge in [-0.2, -0.15) is 0 Å². The minimum absolute atomic E-state index is 0.170. The Balaban J connectivity index is 2.13. The Bertz CT molecular complexity index is 148. The van der Waals surface area contributed by atoms with Gasteiger partial charge in [-0.1, -0.05) is 13.3 Å². The van der Waals surface area contributed by atoms with Crippen LogP contribution in [-0.4, -0.2) is 32.8 Å². The highest BCUT2D eigenvalue weighted by Crippen LogP contribution is 2.42. The molecule has 1 rings (SSSR count). The molecule has 3 heteroatoms. The second-order valence-electron chi connectivity index (χ2n) is 4.43. The highest BCUT2D eigenvalue weighted by Gasteiger charge is 2.34. The molecule has 1 fully saturated rings.